The van der Waals surface area contributed by atoms with Gasteiger partial charge in [-0.15, -0.1) is 0 Å². The summed E-state index contributed by atoms with van der Waals surface area (Å²) in [5, 5.41) is 1.39. The minimum atomic E-state index is 0.278. The van der Waals surface area contributed by atoms with Crippen molar-refractivity contribution in [2.24, 2.45) is 5.84 Å². The Morgan fingerprint density at radius 2 is 2.00 bits per heavy atom. The number of rotatable bonds is 8. The second-order valence-corrected chi connectivity index (χ2v) is 5.50. The first-order valence-corrected chi connectivity index (χ1v) is 7.33. The molecule has 102 valence electrons. The summed E-state index contributed by atoms with van der Waals surface area (Å²) in [6, 6.07) is 5.90. The maximum Gasteiger partial charge on any atom is 0.0453 e. The summed E-state index contributed by atoms with van der Waals surface area (Å²) in [6.07, 6.45) is 6.94. The molecule has 18 heavy (non-hydrogen) atoms. The van der Waals surface area contributed by atoms with Crippen LogP contribution in [0.1, 0.15) is 44.6 Å². The zero-order chi connectivity index (χ0) is 13.4. The predicted octanol–water partition coefficient (Wildman–Crippen LogP) is 4.34. The van der Waals surface area contributed by atoms with Gasteiger partial charge in [0.2, 0.25) is 0 Å². The molecule has 3 N–H and O–H groups in total. The van der Waals surface area contributed by atoms with Gasteiger partial charge in [-0.05, 0) is 30.5 Å². The molecular weight excluding hydrogens is 267 g/mol. The fourth-order valence-corrected chi connectivity index (χ4v) is 2.50. The second kappa shape index (κ2) is 8.76. The molecule has 0 radical (unpaired) electrons. The van der Waals surface area contributed by atoms with Crippen LogP contribution in [0.2, 0.25) is 10.0 Å². The highest BCUT2D eigenvalue weighted by Crippen LogP contribution is 2.23. The Morgan fingerprint density at radius 3 is 2.61 bits per heavy atom. The SMILES string of the molecule is CCCCCCC(Cc1ccc(Cl)cc1Cl)NN. The first-order chi connectivity index (χ1) is 8.67. The molecule has 2 nitrogen and oxygen atoms in total. The predicted molar refractivity (Wildman–Crippen MR) is 80.0 cm³/mol. The fourth-order valence-electron chi connectivity index (χ4n) is 2.01. The molecule has 0 amide bonds. The molecule has 0 aliphatic rings. The Labute approximate surface area is 120 Å². The van der Waals surface area contributed by atoms with Crippen molar-refractivity contribution in [3.63, 3.8) is 0 Å². The van der Waals surface area contributed by atoms with Crippen molar-refractivity contribution in [2.75, 3.05) is 0 Å². The first-order valence-electron chi connectivity index (χ1n) is 6.57. The van der Waals surface area contributed by atoms with Crippen molar-refractivity contribution in [3.8, 4) is 0 Å². The van der Waals surface area contributed by atoms with E-state index in [1.54, 1.807) is 6.07 Å². The number of nitrogens with one attached hydrogen (secondary N) is 1. The fraction of sp³-hybridized carbons (Fsp3) is 0.571. The number of hydrogen-bond donors (Lipinski definition) is 2. The molecule has 0 aliphatic heterocycles. The molecule has 1 aromatic carbocycles. The average Bonchev–Trinajstić information content (AvgIpc) is 2.35. The van der Waals surface area contributed by atoms with Crippen molar-refractivity contribution in [1.82, 2.24) is 5.43 Å². The summed E-state index contributed by atoms with van der Waals surface area (Å²) in [5.74, 6) is 5.60. The van der Waals surface area contributed by atoms with Crippen molar-refractivity contribution < 1.29 is 0 Å². The van der Waals surface area contributed by atoms with Gasteiger partial charge in [0.25, 0.3) is 0 Å². The van der Waals surface area contributed by atoms with E-state index >= 15 is 0 Å². The molecule has 1 rings (SSSR count). The molecule has 0 heterocycles. The molecule has 1 unspecified atom stereocenters. The van der Waals surface area contributed by atoms with Crippen LogP contribution in [-0.4, -0.2) is 6.04 Å². The Bertz CT molecular complexity index is 356. The number of benzene rings is 1. The van der Waals surface area contributed by atoms with E-state index in [1.165, 1.54) is 25.7 Å². The lowest BCUT2D eigenvalue weighted by Crippen LogP contribution is -2.36. The maximum atomic E-state index is 6.16. The van der Waals surface area contributed by atoms with E-state index in [0.29, 0.717) is 5.02 Å². The molecule has 4 heteroatoms. The van der Waals surface area contributed by atoms with Gasteiger partial charge in [-0.25, -0.2) is 0 Å². The Morgan fingerprint density at radius 1 is 1.22 bits per heavy atom. The summed E-state index contributed by atoms with van der Waals surface area (Å²) >= 11 is 12.0. The lowest BCUT2D eigenvalue weighted by molar-refractivity contribution is 0.463. The molecular formula is C14H22Cl2N2. The van der Waals surface area contributed by atoms with Gasteiger partial charge in [0.1, 0.15) is 0 Å². The first kappa shape index (κ1) is 15.8. The molecule has 1 aromatic rings. The molecule has 0 fully saturated rings. The van der Waals surface area contributed by atoms with Crippen molar-refractivity contribution >= 4 is 23.2 Å². The van der Waals surface area contributed by atoms with Crippen LogP contribution in [0.5, 0.6) is 0 Å². The Balaban J connectivity index is 2.46. The van der Waals surface area contributed by atoms with Gasteiger partial charge < -0.3 is 0 Å². The van der Waals surface area contributed by atoms with Gasteiger partial charge in [0.05, 0.1) is 0 Å². The number of halogens is 2. The summed E-state index contributed by atoms with van der Waals surface area (Å²) < 4.78 is 0. The maximum absolute atomic E-state index is 6.16. The molecule has 0 saturated carbocycles. The smallest absolute Gasteiger partial charge is 0.0453 e. The van der Waals surface area contributed by atoms with E-state index in [9.17, 15) is 0 Å². The monoisotopic (exact) mass is 288 g/mol. The van der Waals surface area contributed by atoms with E-state index < -0.39 is 0 Å². The highest BCUT2D eigenvalue weighted by atomic mass is 35.5. The van der Waals surface area contributed by atoms with Crippen LogP contribution in [0.4, 0.5) is 0 Å². The number of unbranched alkanes of at least 4 members (excludes halogenated alkanes) is 3. The van der Waals surface area contributed by atoms with E-state index in [2.05, 4.69) is 12.3 Å². The zero-order valence-corrected chi connectivity index (χ0v) is 12.4. The van der Waals surface area contributed by atoms with E-state index in [4.69, 9.17) is 29.0 Å². The van der Waals surface area contributed by atoms with Gasteiger partial charge in [-0.1, -0.05) is 61.9 Å². The summed E-state index contributed by atoms with van der Waals surface area (Å²) in [5.41, 5.74) is 3.97. The van der Waals surface area contributed by atoms with Crippen LogP contribution in [0.3, 0.4) is 0 Å². The summed E-state index contributed by atoms with van der Waals surface area (Å²) in [7, 11) is 0. The van der Waals surface area contributed by atoms with Gasteiger partial charge in [0.15, 0.2) is 0 Å². The average molecular weight is 289 g/mol. The Kier molecular flexibility index (Phi) is 7.68. The number of hydrogen-bond acceptors (Lipinski definition) is 2. The highest BCUT2D eigenvalue weighted by molar-refractivity contribution is 6.35. The summed E-state index contributed by atoms with van der Waals surface area (Å²) in [6.45, 7) is 2.21. The van der Waals surface area contributed by atoms with Crippen LogP contribution in [0.15, 0.2) is 18.2 Å². The molecule has 0 saturated heterocycles. The lowest BCUT2D eigenvalue weighted by Gasteiger charge is -2.16. The minimum Gasteiger partial charge on any atom is -0.271 e. The topological polar surface area (TPSA) is 38.0 Å². The van der Waals surface area contributed by atoms with E-state index in [-0.39, 0.29) is 6.04 Å². The van der Waals surface area contributed by atoms with Crippen LogP contribution >= 0.6 is 23.2 Å². The second-order valence-electron chi connectivity index (χ2n) is 4.65. The largest absolute Gasteiger partial charge is 0.271 e. The number of hydrazine groups is 1. The lowest BCUT2D eigenvalue weighted by atomic mass is 10.0. The van der Waals surface area contributed by atoms with Gasteiger partial charge in [-0.2, -0.15) is 0 Å². The molecule has 1 atom stereocenters. The van der Waals surface area contributed by atoms with E-state index in [0.717, 1.165) is 23.4 Å². The minimum absolute atomic E-state index is 0.278. The molecule has 0 bridgehead atoms. The molecule has 0 spiro atoms. The molecule has 0 aromatic heterocycles. The number of nitrogens with two attached hydrogens (primary N) is 1. The van der Waals surface area contributed by atoms with Crippen LogP contribution in [0.25, 0.3) is 0 Å². The van der Waals surface area contributed by atoms with Crippen molar-refractivity contribution in [3.05, 3.63) is 33.8 Å². The van der Waals surface area contributed by atoms with Gasteiger partial charge in [-0.3, -0.25) is 11.3 Å². The van der Waals surface area contributed by atoms with Crippen molar-refractivity contribution in [2.45, 2.75) is 51.5 Å². The van der Waals surface area contributed by atoms with Crippen LogP contribution < -0.4 is 11.3 Å². The third-order valence-corrected chi connectivity index (χ3v) is 3.71. The third-order valence-electron chi connectivity index (χ3n) is 3.12. The Hall–Kier alpha value is -0.280. The van der Waals surface area contributed by atoms with Crippen LogP contribution in [0, 0.1) is 0 Å². The van der Waals surface area contributed by atoms with Crippen molar-refractivity contribution in [1.29, 1.82) is 0 Å². The normalized spacial score (nSPS) is 12.7. The summed E-state index contributed by atoms with van der Waals surface area (Å²) in [4.78, 5) is 0. The third kappa shape index (κ3) is 5.57. The molecule has 0 aliphatic carbocycles. The van der Waals surface area contributed by atoms with E-state index in [1.807, 2.05) is 12.1 Å². The quantitative estimate of drug-likeness (QED) is 0.424. The van der Waals surface area contributed by atoms with Gasteiger partial charge >= 0.3 is 0 Å². The van der Waals surface area contributed by atoms with Crippen LogP contribution in [-0.2, 0) is 6.42 Å². The van der Waals surface area contributed by atoms with Gasteiger partial charge in [0, 0.05) is 16.1 Å². The standard InChI is InChI=1S/C14H22Cl2N2/c1-2-3-4-5-6-13(18-17)9-11-7-8-12(15)10-14(11)16/h7-8,10,13,18H,2-6,9,17H2,1H3. The zero-order valence-electron chi connectivity index (χ0n) is 10.9. The highest BCUT2D eigenvalue weighted by Gasteiger charge is 2.10.